The second-order valence-electron chi connectivity index (χ2n) is 9.09. The Labute approximate surface area is 186 Å². The van der Waals surface area contributed by atoms with Crippen molar-refractivity contribution in [3.8, 4) is 0 Å². The third kappa shape index (κ3) is 3.72. The van der Waals surface area contributed by atoms with E-state index < -0.39 is 0 Å². The highest BCUT2D eigenvalue weighted by Gasteiger charge is 2.40. The first kappa shape index (κ1) is 19.8. The number of esters is 1. The van der Waals surface area contributed by atoms with E-state index in [4.69, 9.17) is 4.74 Å². The number of ether oxygens (including phenoxy) is 1. The van der Waals surface area contributed by atoms with Gasteiger partial charge in [-0.2, -0.15) is 0 Å². The number of rotatable bonds is 3. The lowest BCUT2D eigenvalue weighted by molar-refractivity contribution is -0.148. The Kier molecular flexibility index (Phi) is 5.60. The molecule has 0 spiro atoms. The van der Waals surface area contributed by atoms with Crippen LogP contribution < -0.4 is 5.32 Å². The van der Waals surface area contributed by atoms with Gasteiger partial charge in [-0.05, 0) is 79.1 Å². The molecule has 1 aromatic heterocycles. The first-order valence-corrected chi connectivity index (χ1v) is 12.1. The van der Waals surface area contributed by atoms with E-state index >= 15 is 0 Å². The van der Waals surface area contributed by atoms with Crippen LogP contribution in [0.25, 0.3) is 10.9 Å². The van der Waals surface area contributed by atoms with Gasteiger partial charge in [-0.25, -0.2) is 0 Å². The molecule has 2 aliphatic heterocycles. The summed E-state index contributed by atoms with van der Waals surface area (Å²) in [5.41, 5.74) is 4.21. The quantitative estimate of drug-likeness (QED) is 0.490. The zero-order valence-corrected chi connectivity index (χ0v) is 19.2. The average molecular weight is 507 g/mol. The van der Waals surface area contributed by atoms with Gasteiger partial charge < -0.3 is 19.9 Å². The minimum absolute atomic E-state index is 0.0510. The van der Waals surface area contributed by atoms with Crippen LogP contribution in [0.4, 0.5) is 0 Å². The number of nitrogens with one attached hydrogen (secondary N) is 2. The predicted octanol–water partition coefficient (Wildman–Crippen LogP) is 3.81. The van der Waals surface area contributed by atoms with Crippen LogP contribution in [0.2, 0.25) is 0 Å². The standard InChI is InChI=1S/C23H30IN3O2/c1-27-12-14(13-29-23(28)19-7-3-2-4-9-25-19)10-16-15-6-5-8-18-21(15)17(11-20(16)27)22(24)26-18/h5-6,8,14,16,19-20,25-26H,2-4,7,9-13H2,1H3/t14?,16-,19?,20-/m0/s1. The van der Waals surface area contributed by atoms with E-state index in [0.29, 0.717) is 24.5 Å². The van der Waals surface area contributed by atoms with Gasteiger partial charge in [0.05, 0.1) is 10.3 Å². The van der Waals surface area contributed by atoms with Gasteiger partial charge in [0.1, 0.15) is 6.04 Å². The lowest BCUT2D eigenvalue weighted by Gasteiger charge is -2.45. The summed E-state index contributed by atoms with van der Waals surface area (Å²) >= 11 is 2.45. The molecular formula is C23H30IN3O2. The number of aromatic nitrogens is 1. The fraction of sp³-hybridized carbons (Fsp3) is 0.609. The Morgan fingerprint density at radius 3 is 3.10 bits per heavy atom. The summed E-state index contributed by atoms with van der Waals surface area (Å²) in [7, 11) is 2.24. The van der Waals surface area contributed by atoms with E-state index in [1.54, 1.807) is 0 Å². The molecule has 2 unspecified atom stereocenters. The Morgan fingerprint density at radius 1 is 1.31 bits per heavy atom. The van der Waals surface area contributed by atoms with E-state index in [0.717, 1.165) is 45.2 Å². The van der Waals surface area contributed by atoms with Crippen molar-refractivity contribution in [2.45, 2.75) is 56.5 Å². The molecule has 0 bridgehead atoms. The second-order valence-corrected chi connectivity index (χ2v) is 10.2. The van der Waals surface area contributed by atoms with Crippen LogP contribution in [0.15, 0.2) is 18.2 Å². The van der Waals surface area contributed by atoms with Crippen LogP contribution in [0, 0.1) is 9.62 Å². The van der Waals surface area contributed by atoms with Gasteiger partial charge in [0.25, 0.3) is 0 Å². The zero-order chi connectivity index (χ0) is 20.0. The molecule has 2 saturated heterocycles. The van der Waals surface area contributed by atoms with Crippen LogP contribution in [0.1, 0.15) is 49.1 Å². The molecule has 3 aliphatic rings. The fourth-order valence-corrected chi connectivity index (χ4v) is 6.53. The summed E-state index contributed by atoms with van der Waals surface area (Å²) in [5.74, 6) is 0.854. The number of likely N-dealkylation sites (N-methyl/N-ethyl adjacent to an activating group) is 1. The molecule has 2 N–H and O–H groups in total. The van der Waals surface area contributed by atoms with Crippen molar-refractivity contribution in [2.24, 2.45) is 5.92 Å². The highest BCUT2D eigenvalue weighted by Crippen LogP contribution is 2.45. The number of halogens is 1. The molecule has 6 heteroatoms. The van der Waals surface area contributed by atoms with Crippen LogP contribution >= 0.6 is 22.6 Å². The Bertz CT molecular complexity index is 903. The van der Waals surface area contributed by atoms with Gasteiger partial charge in [0.15, 0.2) is 0 Å². The van der Waals surface area contributed by atoms with E-state index in [1.807, 2.05) is 0 Å². The van der Waals surface area contributed by atoms with Crippen molar-refractivity contribution in [1.29, 1.82) is 0 Å². The minimum Gasteiger partial charge on any atom is -0.464 e. The summed E-state index contributed by atoms with van der Waals surface area (Å²) in [6.45, 7) is 2.47. The smallest absolute Gasteiger partial charge is 0.323 e. The minimum atomic E-state index is -0.112. The number of hydrogen-bond donors (Lipinski definition) is 2. The lowest BCUT2D eigenvalue weighted by Crippen LogP contribution is -2.49. The Hall–Kier alpha value is -1.12. The number of carbonyl (C=O) groups excluding carboxylic acids is 1. The van der Waals surface area contributed by atoms with E-state index in [1.165, 1.54) is 32.2 Å². The SMILES string of the molecule is CN1CC(COC(=O)C2CCCCCN2)C[C@H]2c3cccc4[nH]c(I)c(c34)C[C@@H]21. The van der Waals surface area contributed by atoms with Crippen molar-refractivity contribution in [1.82, 2.24) is 15.2 Å². The van der Waals surface area contributed by atoms with Crippen molar-refractivity contribution < 1.29 is 9.53 Å². The molecule has 1 aromatic carbocycles. The highest BCUT2D eigenvalue weighted by atomic mass is 127. The summed E-state index contributed by atoms with van der Waals surface area (Å²) in [6, 6.07) is 7.10. The Balaban J connectivity index is 1.31. The molecule has 0 saturated carbocycles. The molecule has 5 rings (SSSR count). The number of aromatic amines is 1. The van der Waals surface area contributed by atoms with Crippen molar-refractivity contribution in [3.63, 3.8) is 0 Å². The van der Waals surface area contributed by atoms with Crippen molar-refractivity contribution >= 4 is 39.5 Å². The Morgan fingerprint density at radius 2 is 2.21 bits per heavy atom. The van der Waals surface area contributed by atoms with Crippen molar-refractivity contribution in [3.05, 3.63) is 33.0 Å². The van der Waals surface area contributed by atoms with Crippen LogP contribution in [-0.4, -0.2) is 54.7 Å². The second kappa shape index (κ2) is 8.19. The summed E-state index contributed by atoms with van der Waals surface area (Å²) in [4.78, 5) is 18.6. The number of nitrogens with zero attached hydrogens (tertiary/aromatic N) is 1. The third-order valence-corrected chi connectivity index (χ3v) is 8.11. The van der Waals surface area contributed by atoms with Gasteiger partial charge >= 0.3 is 5.97 Å². The molecule has 3 heterocycles. The number of carbonyl (C=O) groups is 1. The molecule has 156 valence electrons. The number of H-pyrrole nitrogens is 1. The first-order chi connectivity index (χ1) is 14.1. The molecule has 0 amide bonds. The first-order valence-electron chi connectivity index (χ1n) is 11.0. The topological polar surface area (TPSA) is 57.4 Å². The van der Waals surface area contributed by atoms with E-state index in [-0.39, 0.29) is 12.0 Å². The normalized spacial score (nSPS) is 30.0. The highest BCUT2D eigenvalue weighted by molar-refractivity contribution is 14.1. The van der Waals surface area contributed by atoms with Gasteiger partial charge in [0.2, 0.25) is 0 Å². The monoisotopic (exact) mass is 507 g/mol. The number of hydrogen-bond acceptors (Lipinski definition) is 4. The molecular weight excluding hydrogens is 477 g/mol. The maximum absolute atomic E-state index is 12.6. The van der Waals surface area contributed by atoms with E-state index in [9.17, 15) is 4.79 Å². The maximum atomic E-state index is 12.6. The predicted molar refractivity (Wildman–Crippen MR) is 123 cm³/mol. The van der Waals surface area contributed by atoms with Gasteiger partial charge in [-0.1, -0.05) is 25.0 Å². The molecule has 4 atom stereocenters. The molecule has 0 radical (unpaired) electrons. The van der Waals surface area contributed by atoms with E-state index in [2.05, 4.69) is 63.0 Å². The lowest BCUT2D eigenvalue weighted by atomic mass is 9.72. The summed E-state index contributed by atoms with van der Waals surface area (Å²) in [5, 5.41) is 4.80. The zero-order valence-electron chi connectivity index (χ0n) is 17.0. The summed E-state index contributed by atoms with van der Waals surface area (Å²) in [6.07, 6.45) is 6.59. The van der Waals surface area contributed by atoms with Gasteiger partial charge in [0, 0.05) is 35.3 Å². The van der Waals surface area contributed by atoms with Crippen LogP contribution in [0.5, 0.6) is 0 Å². The largest absolute Gasteiger partial charge is 0.464 e. The van der Waals surface area contributed by atoms with Crippen molar-refractivity contribution in [2.75, 3.05) is 26.7 Å². The van der Waals surface area contributed by atoms with Crippen LogP contribution in [-0.2, 0) is 16.0 Å². The average Bonchev–Trinajstić information content (AvgIpc) is 2.89. The maximum Gasteiger partial charge on any atom is 0.323 e. The molecule has 29 heavy (non-hydrogen) atoms. The molecule has 2 aromatic rings. The number of fused-ring (bicyclic) bond motifs is 2. The van der Waals surface area contributed by atoms with Crippen LogP contribution in [0.3, 0.4) is 0 Å². The molecule has 2 fully saturated rings. The number of benzene rings is 1. The number of likely N-dealkylation sites (tertiary alicyclic amines) is 1. The molecule has 1 aliphatic carbocycles. The van der Waals surface area contributed by atoms with Gasteiger partial charge in [-0.3, -0.25) is 4.79 Å². The fourth-order valence-electron chi connectivity index (χ4n) is 5.75. The third-order valence-electron chi connectivity index (χ3n) is 7.19. The number of piperidine rings is 1. The summed E-state index contributed by atoms with van der Waals surface area (Å²) < 4.78 is 7.10. The molecule has 5 nitrogen and oxygen atoms in total. The van der Waals surface area contributed by atoms with Gasteiger partial charge in [-0.15, -0.1) is 0 Å².